The summed E-state index contributed by atoms with van der Waals surface area (Å²) in [7, 11) is -0.979. The topological polar surface area (TPSA) is 79.0 Å². The van der Waals surface area contributed by atoms with Gasteiger partial charge in [0.1, 0.15) is 6.07 Å². The van der Waals surface area contributed by atoms with Crippen molar-refractivity contribution < 1.29 is 8.42 Å². The SMILES string of the molecule is CN(C)S(=O)(=O)n1c(C#N)nc2cc(Sc3ccccc3)ccc21. The Morgan fingerprint density at radius 2 is 1.83 bits per heavy atom. The highest BCUT2D eigenvalue weighted by atomic mass is 32.2. The smallest absolute Gasteiger partial charge is 0.218 e. The number of rotatable bonds is 4. The van der Waals surface area contributed by atoms with Gasteiger partial charge in [0.2, 0.25) is 5.82 Å². The molecule has 0 amide bonds. The lowest BCUT2D eigenvalue weighted by molar-refractivity contribution is 0.511. The van der Waals surface area contributed by atoms with Gasteiger partial charge in [-0.1, -0.05) is 30.0 Å². The van der Waals surface area contributed by atoms with E-state index in [-0.39, 0.29) is 5.82 Å². The lowest BCUT2D eigenvalue weighted by Crippen LogP contribution is -2.29. The summed E-state index contributed by atoms with van der Waals surface area (Å²) in [5.74, 6) is -0.152. The molecule has 0 aliphatic carbocycles. The molecule has 1 heterocycles. The normalized spacial score (nSPS) is 11.8. The maximum absolute atomic E-state index is 12.5. The van der Waals surface area contributed by atoms with Crippen LogP contribution in [0.4, 0.5) is 0 Å². The van der Waals surface area contributed by atoms with E-state index in [0.717, 1.165) is 18.1 Å². The highest BCUT2D eigenvalue weighted by molar-refractivity contribution is 7.99. The molecule has 122 valence electrons. The van der Waals surface area contributed by atoms with Crippen molar-refractivity contribution in [2.24, 2.45) is 0 Å². The van der Waals surface area contributed by atoms with E-state index in [2.05, 4.69) is 4.98 Å². The lowest BCUT2D eigenvalue weighted by atomic mass is 10.3. The van der Waals surface area contributed by atoms with E-state index in [9.17, 15) is 13.7 Å². The van der Waals surface area contributed by atoms with Crippen molar-refractivity contribution in [1.29, 1.82) is 5.26 Å². The van der Waals surface area contributed by atoms with E-state index >= 15 is 0 Å². The first-order chi connectivity index (χ1) is 11.4. The van der Waals surface area contributed by atoms with Gasteiger partial charge >= 0.3 is 10.2 Å². The number of imidazole rings is 1. The molecular formula is C16H14N4O2S2. The van der Waals surface area contributed by atoms with E-state index in [1.54, 1.807) is 23.9 Å². The Morgan fingerprint density at radius 3 is 2.46 bits per heavy atom. The number of hydrogen-bond acceptors (Lipinski definition) is 5. The van der Waals surface area contributed by atoms with Crippen LogP contribution in [0.1, 0.15) is 5.82 Å². The Kier molecular flexibility index (Phi) is 4.32. The predicted molar refractivity (Wildman–Crippen MR) is 93.0 cm³/mol. The number of nitrogens with zero attached hydrogens (tertiary/aromatic N) is 4. The Bertz CT molecular complexity index is 1040. The van der Waals surface area contributed by atoms with Crippen LogP contribution in [0.15, 0.2) is 58.3 Å². The van der Waals surface area contributed by atoms with Crippen LogP contribution in [0.2, 0.25) is 0 Å². The fourth-order valence-electron chi connectivity index (χ4n) is 2.19. The summed E-state index contributed by atoms with van der Waals surface area (Å²) in [5.41, 5.74) is 0.857. The zero-order valence-corrected chi connectivity index (χ0v) is 14.7. The van der Waals surface area contributed by atoms with E-state index in [0.29, 0.717) is 11.0 Å². The zero-order chi connectivity index (χ0) is 17.3. The first-order valence-corrected chi connectivity index (χ1v) is 9.23. The molecule has 1 aromatic heterocycles. The van der Waals surface area contributed by atoms with Gasteiger partial charge in [0, 0.05) is 23.9 Å². The van der Waals surface area contributed by atoms with E-state index < -0.39 is 10.2 Å². The third kappa shape index (κ3) is 2.89. The maximum atomic E-state index is 12.5. The Balaban J connectivity index is 2.12. The van der Waals surface area contributed by atoms with Crippen LogP contribution in [-0.2, 0) is 10.2 Å². The zero-order valence-electron chi connectivity index (χ0n) is 13.0. The highest BCUT2D eigenvalue weighted by Crippen LogP contribution is 2.30. The third-order valence-corrected chi connectivity index (χ3v) is 6.11. The average molecular weight is 358 g/mol. The number of benzene rings is 2. The number of fused-ring (bicyclic) bond motifs is 1. The molecule has 24 heavy (non-hydrogen) atoms. The quantitative estimate of drug-likeness (QED) is 0.716. The molecule has 0 fully saturated rings. The molecule has 2 aromatic carbocycles. The van der Waals surface area contributed by atoms with Crippen molar-refractivity contribution in [2.75, 3.05) is 14.1 Å². The van der Waals surface area contributed by atoms with Crippen LogP contribution in [0.3, 0.4) is 0 Å². The second kappa shape index (κ2) is 6.28. The molecule has 0 saturated carbocycles. The molecule has 8 heteroatoms. The van der Waals surface area contributed by atoms with Gasteiger partial charge in [-0.2, -0.15) is 22.0 Å². The van der Waals surface area contributed by atoms with Gasteiger partial charge in [0.05, 0.1) is 11.0 Å². The molecule has 0 unspecified atom stereocenters. The van der Waals surface area contributed by atoms with Crippen molar-refractivity contribution in [3.05, 3.63) is 54.4 Å². The predicted octanol–water partition coefficient (Wildman–Crippen LogP) is 2.71. The minimum absolute atomic E-state index is 0.152. The summed E-state index contributed by atoms with van der Waals surface area (Å²) in [6.45, 7) is 0. The summed E-state index contributed by atoms with van der Waals surface area (Å²) < 4.78 is 26.9. The van der Waals surface area contributed by atoms with E-state index in [1.165, 1.54) is 14.1 Å². The molecule has 0 saturated heterocycles. The maximum Gasteiger partial charge on any atom is 0.309 e. The van der Waals surface area contributed by atoms with Gasteiger partial charge in [-0.25, -0.2) is 4.98 Å². The standard InChI is InChI=1S/C16H14N4O2S2/c1-19(2)24(21,22)20-15-9-8-13(10-14(15)18-16(20)11-17)23-12-6-4-3-5-7-12/h3-10H,1-2H3. The molecule has 0 bridgehead atoms. The Hall–Kier alpha value is -2.34. The first-order valence-electron chi connectivity index (χ1n) is 7.02. The largest absolute Gasteiger partial charge is 0.309 e. The van der Waals surface area contributed by atoms with Crippen molar-refractivity contribution in [2.45, 2.75) is 9.79 Å². The molecule has 0 spiro atoms. The molecular weight excluding hydrogens is 344 g/mol. The van der Waals surface area contributed by atoms with Gasteiger partial charge in [0.15, 0.2) is 0 Å². The fourth-order valence-corrected chi connectivity index (χ4v) is 4.10. The molecule has 0 aliphatic rings. The molecule has 0 aliphatic heterocycles. The number of aromatic nitrogens is 2. The third-order valence-electron chi connectivity index (χ3n) is 3.36. The molecule has 6 nitrogen and oxygen atoms in total. The second-order valence-electron chi connectivity index (χ2n) is 5.17. The fraction of sp³-hybridized carbons (Fsp3) is 0.125. The lowest BCUT2D eigenvalue weighted by Gasteiger charge is -2.13. The van der Waals surface area contributed by atoms with Gasteiger partial charge in [-0.3, -0.25) is 0 Å². The van der Waals surface area contributed by atoms with Gasteiger partial charge in [-0.05, 0) is 30.3 Å². The van der Waals surface area contributed by atoms with Crippen molar-refractivity contribution in [3.8, 4) is 6.07 Å². The number of nitriles is 1. The van der Waals surface area contributed by atoms with Crippen molar-refractivity contribution in [1.82, 2.24) is 13.3 Å². The van der Waals surface area contributed by atoms with E-state index in [1.807, 2.05) is 42.5 Å². The molecule has 0 radical (unpaired) electrons. The van der Waals surface area contributed by atoms with Crippen LogP contribution in [0, 0.1) is 11.3 Å². The van der Waals surface area contributed by atoms with Crippen LogP contribution in [-0.4, -0.2) is 35.8 Å². The molecule has 3 rings (SSSR count). The average Bonchev–Trinajstić information content (AvgIpc) is 2.94. The summed E-state index contributed by atoms with van der Waals surface area (Å²) in [5, 5.41) is 9.25. The summed E-state index contributed by atoms with van der Waals surface area (Å²) in [6, 6.07) is 17.0. The number of hydrogen-bond donors (Lipinski definition) is 0. The summed E-state index contributed by atoms with van der Waals surface area (Å²) in [4.78, 5) is 6.15. The first kappa shape index (κ1) is 16.5. The van der Waals surface area contributed by atoms with Crippen molar-refractivity contribution >= 4 is 33.0 Å². The van der Waals surface area contributed by atoms with Gasteiger partial charge in [0.25, 0.3) is 0 Å². The highest BCUT2D eigenvalue weighted by Gasteiger charge is 2.24. The van der Waals surface area contributed by atoms with E-state index in [4.69, 9.17) is 0 Å². The Morgan fingerprint density at radius 1 is 1.12 bits per heavy atom. The van der Waals surface area contributed by atoms with Crippen LogP contribution < -0.4 is 0 Å². The van der Waals surface area contributed by atoms with Crippen molar-refractivity contribution in [3.63, 3.8) is 0 Å². The summed E-state index contributed by atoms with van der Waals surface area (Å²) >= 11 is 1.55. The van der Waals surface area contributed by atoms with Gasteiger partial charge < -0.3 is 0 Å². The van der Waals surface area contributed by atoms with Crippen LogP contribution in [0.5, 0.6) is 0 Å². The second-order valence-corrected chi connectivity index (χ2v) is 8.31. The Labute approximate surface area is 144 Å². The molecule has 0 atom stereocenters. The summed E-state index contributed by atoms with van der Waals surface area (Å²) in [6.07, 6.45) is 0. The monoisotopic (exact) mass is 358 g/mol. The minimum atomic E-state index is -3.82. The minimum Gasteiger partial charge on any atom is -0.218 e. The van der Waals surface area contributed by atoms with Crippen LogP contribution >= 0.6 is 11.8 Å². The molecule has 3 aromatic rings. The van der Waals surface area contributed by atoms with Gasteiger partial charge in [-0.15, -0.1) is 0 Å². The molecule has 0 N–H and O–H groups in total. The van der Waals surface area contributed by atoms with Crippen LogP contribution in [0.25, 0.3) is 11.0 Å².